The zero-order valence-corrected chi connectivity index (χ0v) is 15.1. The van der Waals surface area contributed by atoms with Crippen molar-refractivity contribution in [2.75, 3.05) is 5.32 Å². The van der Waals surface area contributed by atoms with E-state index in [0.717, 1.165) is 10.0 Å². The minimum absolute atomic E-state index is 0.144. The number of carbonyl (C=O) groups excluding carboxylic acids is 1. The van der Waals surface area contributed by atoms with Crippen molar-refractivity contribution in [3.63, 3.8) is 0 Å². The summed E-state index contributed by atoms with van der Waals surface area (Å²) in [7, 11) is -3.65. The van der Waals surface area contributed by atoms with Crippen molar-refractivity contribution in [1.82, 2.24) is 4.72 Å². The number of benzene rings is 2. The zero-order chi connectivity index (χ0) is 17.0. The lowest BCUT2D eigenvalue weighted by atomic mass is 10.1. The predicted molar refractivity (Wildman–Crippen MR) is 93.6 cm³/mol. The van der Waals surface area contributed by atoms with Gasteiger partial charge in [0.15, 0.2) is 0 Å². The minimum Gasteiger partial charge on any atom is -0.326 e. The molecule has 122 valence electrons. The van der Waals surface area contributed by atoms with E-state index >= 15 is 0 Å². The van der Waals surface area contributed by atoms with Gasteiger partial charge < -0.3 is 5.32 Å². The third kappa shape index (κ3) is 4.63. The van der Waals surface area contributed by atoms with Crippen LogP contribution in [-0.4, -0.2) is 14.3 Å². The topological polar surface area (TPSA) is 75.3 Å². The van der Waals surface area contributed by atoms with E-state index in [0.29, 0.717) is 5.69 Å². The van der Waals surface area contributed by atoms with Crippen molar-refractivity contribution in [3.8, 4) is 0 Å². The third-order valence-electron chi connectivity index (χ3n) is 3.19. The lowest BCUT2D eigenvalue weighted by Crippen LogP contribution is -2.27. The number of nitrogens with one attached hydrogen (secondary N) is 2. The second kappa shape index (κ2) is 7.25. The van der Waals surface area contributed by atoms with Crippen molar-refractivity contribution >= 4 is 37.5 Å². The first-order valence-electron chi connectivity index (χ1n) is 6.94. The number of halogens is 1. The molecule has 0 aromatic heterocycles. The molecule has 0 aliphatic rings. The van der Waals surface area contributed by atoms with Crippen molar-refractivity contribution < 1.29 is 13.2 Å². The van der Waals surface area contributed by atoms with E-state index in [9.17, 15) is 13.2 Å². The minimum atomic E-state index is -3.65. The van der Waals surface area contributed by atoms with Gasteiger partial charge in [0.1, 0.15) is 0 Å². The van der Waals surface area contributed by atoms with Gasteiger partial charge in [-0.15, -0.1) is 0 Å². The summed E-state index contributed by atoms with van der Waals surface area (Å²) in [6, 6.07) is 13.1. The highest BCUT2D eigenvalue weighted by atomic mass is 79.9. The van der Waals surface area contributed by atoms with Crippen LogP contribution in [0, 0.1) is 0 Å². The van der Waals surface area contributed by atoms with E-state index in [1.54, 1.807) is 19.1 Å². The highest BCUT2D eigenvalue weighted by Gasteiger charge is 2.19. The van der Waals surface area contributed by atoms with Crippen LogP contribution in [0.5, 0.6) is 0 Å². The molecule has 0 radical (unpaired) electrons. The number of rotatable bonds is 5. The molecular weight excluding hydrogens is 380 g/mol. The molecule has 0 aliphatic carbocycles. The molecule has 0 saturated carbocycles. The summed E-state index contributed by atoms with van der Waals surface area (Å²) in [6.45, 7) is 3.18. The summed E-state index contributed by atoms with van der Waals surface area (Å²) in [6.07, 6.45) is 0. The fourth-order valence-corrected chi connectivity index (χ4v) is 3.96. The van der Waals surface area contributed by atoms with Crippen LogP contribution >= 0.6 is 15.9 Å². The van der Waals surface area contributed by atoms with E-state index in [1.165, 1.54) is 19.1 Å². The van der Waals surface area contributed by atoms with Crippen LogP contribution in [0.1, 0.15) is 25.5 Å². The fraction of sp³-hybridized carbons (Fsp3) is 0.188. The number of carbonyl (C=O) groups is 1. The molecule has 2 aromatic rings. The largest absolute Gasteiger partial charge is 0.326 e. The second-order valence-electron chi connectivity index (χ2n) is 5.07. The summed E-state index contributed by atoms with van der Waals surface area (Å²) < 4.78 is 28.4. The predicted octanol–water partition coefficient (Wildman–Crippen LogP) is 3.45. The van der Waals surface area contributed by atoms with Gasteiger partial charge in [-0.1, -0.05) is 34.1 Å². The zero-order valence-electron chi connectivity index (χ0n) is 12.7. The summed E-state index contributed by atoms with van der Waals surface area (Å²) in [4.78, 5) is 11.1. The van der Waals surface area contributed by atoms with Gasteiger partial charge >= 0.3 is 0 Å². The second-order valence-corrected chi connectivity index (χ2v) is 7.64. The molecule has 0 fully saturated rings. The van der Waals surface area contributed by atoms with Crippen LogP contribution in [-0.2, 0) is 14.8 Å². The van der Waals surface area contributed by atoms with Gasteiger partial charge in [0.2, 0.25) is 15.9 Å². The molecule has 0 spiro atoms. The Morgan fingerprint density at radius 3 is 2.26 bits per heavy atom. The maximum atomic E-state index is 12.4. The van der Waals surface area contributed by atoms with Crippen LogP contribution in [0.15, 0.2) is 57.9 Å². The Kier molecular flexibility index (Phi) is 5.56. The summed E-state index contributed by atoms with van der Waals surface area (Å²) in [5.74, 6) is -0.207. The van der Waals surface area contributed by atoms with Gasteiger partial charge in [-0.05, 0) is 42.8 Å². The lowest BCUT2D eigenvalue weighted by Gasteiger charge is -2.16. The van der Waals surface area contributed by atoms with E-state index in [2.05, 4.69) is 26.0 Å². The van der Waals surface area contributed by atoms with Crippen LogP contribution < -0.4 is 10.0 Å². The first kappa shape index (κ1) is 17.7. The number of hydrogen-bond acceptors (Lipinski definition) is 3. The Balaban J connectivity index is 2.18. The van der Waals surface area contributed by atoms with Gasteiger partial charge in [0.05, 0.1) is 4.90 Å². The van der Waals surface area contributed by atoms with Gasteiger partial charge in [0, 0.05) is 23.1 Å². The SMILES string of the molecule is CC(=O)Nc1ccc(S(=O)(=O)N[C@@H](C)c2ccccc2Br)cc1. The molecule has 5 nitrogen and oxygen atoms in total. The Morgan fingerprint density at radius 2 is 1.70 bits per heavy atom. The molecule has 0 saturated heterocycles. The van der Waals surface area contributed by atoms with Crippen LogP contribution in [0.3, 0.4) is 0 Å². The number of anilines is 1. The van der Waals surface area contributed by atoms with Crippen LogP contribution in [0.25, 0.3) is 0 Å². The molecule has 7 heteroatoms. The molecule has 1 amide bonds. The molecule has 0 unspecified atom stereocenters. The Bertz CT molecular complexity index is 804. The Morgan fingerprint density at radius 1 is 1.09 bits per heavy atom. The first-order chi connectivity index (χ1) is 10.8. The van der Waals surface area contributed by atoms with Gasteiger partial charge in [-0.3, -0.25) is 4.79 Å². The fourth-order valence-electron chi connectivity index (χ4n) is 2.11. The molecule has 0 bridgehead atoms. The molecule has 2 N–H and O–H groups in total. The Hall–Kier alpha value is -1.70. The van der Waals surface area contributed by atoms with E-state index in [-0.39, 0.29) is 16.8 Å². The Labute approximate surface area is 144 Å². The highest BCUT2D eigenvalue weighted by Crippen LogP contribution is 2.24. The molecule has 0 heterocycles. The molecule has 2 rings (SSSR count). The monoisotopic (exact) mass is 396 g/mol. The van der Waals surface area contributed by atoms with E-state index in [1.807, 2.05) is 24.3 Å². The standard InChI is InChI=1S/C16H17BrN2O3S/c1-11(15-5-3-4-6-16(15)17)19-23(21,22)14-9-7-13(8-10-14)18-12(2)20/h3-11,19H,1-2H3,(H,18,20)/t11-/m0/s1. The van der Waals surface area contributed by atoms with E-state index in [4.69, 9.17) is 0 Å². The normalized spacial score (nSPS) is 12.7. The number of sulfonamides is 1. The average Bonchev–Trinajstić information content (AvgIpc) is 2.47. The number of hydrogen-bond donors (Lipinski definition) is 2. The van der Waals surface area contributed by atoms with E-state index < -0.39 is 10.0 Å². The molecular formula is C16H17BrN2O3S. The van der Waals surface area contributed by atoms with Gasteiger partial charge in [0.25, 0.3) is 0 Å². The third-order valence-corrected chi connectivity index (χ3v) is 5.47. The van der Waals surface area contributed by atoms with Crippen LogP contribution in [0.4, 0.5) is 5.69 Å². The summed E-state index contributed by atoms with van der Waals surface area (Å²) in [5.41, 5.74) is 1.40. The average molecular weight is 397 g/mol. The van der Waals surface area contributed by atoms with Crippen molar-refractivity contribution in [2.45, 2.75) is 24.8 Å². The maximum Gasteiger partial charge on any atom is 0.241 e. The molecule has 2 aromatic carbocycles. The number of amides is 1. The van der Waals surface area contributed by atoms with Gasteiger partial charge in [-0.25, -0.2) is 13.1 Å². The first-order valence-corrected chi connectivity index (χ1v) is 9.21. The van der Waals surface area contributed by atoms with Crippen molar-refractivity contribution in [3.05, 3.63) is 58.6 Å². The van der Waals surface area contributed by atoms with Gasteiger partial charge in [-0.2, -0.15) is 0 Å². The molecule has 1 atom stereocenters. The quantitative estimate of drug-likeness (QED) is 0.812. The van der Waals surface area contributed by atoms with Crippen molar-refractivity contribution in [2.24, 2.45) is 0 Å². The maximum absolute atomic E-state index is 12.4. The lowest BCUT2D eigenvalue weighted by molar-refractivity contribution is -0.114. The molecule has 0 aliphatic heterocycles. The molecule has 23 heavy (non-hydrogen) atoms. The summed E-state index contributed by atoms with van der Waals surface area (Å²) in [5, 5.41) is 2.60. The highest BCUT2D eigenvalue weighted by molar-refractivity contribution is 9.10. The smallest absolute Gasteiger partial charge is 0.241 e. The summed E-state index contributed by atoms with van der Waals surface area (Å²) >= 11 is 3.42. The van der Waals surface area contributed by atoms with Crippen LogP contribution in [0.2, 0.25) is 0 Å². The van der Waals surface area contributed by atoms with Crippen molar-refractivity contribution in [1.29, 1.82) is 0 Å².